The molecule has 0 aliphatic carbocycles. The van der Waals surface area contributed by atoms with Gasteiger partial charge in [-0.1, -0.05) is 24.3 Å². The highest BCUT2D eigenvalue weighted by Gasteiger charge is 2.07. The Kier molecular flexibility index (Phi) is 5.97. The summed E-state index contributed by atoms with van der Waals surface area (Å²) in [6.07, 6.45) is 4.40. The van der Waals surface area contributed by atoms with Crippen molar-refractivity contribution >= 4 is 0 Å². The van der Waals surface area contributed by atoms with E-state index in [0.717, 1.165) is 23.1 Å². The number of aliphatic hydroxyl groups excluding tert-OH is 1. The van der Waals surface area contributed by atoms with E-state index in [0.29, 0.717) is 17.7 Å². The number of aromatic nitrogens is 1. The van der Waals surface area contributed by atoms with Crippen molar-refractivity contribution in [3.63, 3.8) is 0 Å². The molecule has 0 bridgehead atoms. The van der Waals surface area contributed by atoms with Gasteiger partial charge in [-0.2, -0.15) is 0 Å². The van der Waals surface area contributed by atoms with Crippen LogP contribution >= 0.6 is 0 Å². The van der Waals surface area contributed by atoms with Crippen molar-refractivity contribution in [2.75, 3.05) is 6.61 Å². The number of ether oxygens (including phenoxy) is 1. The molecule has 1 aromatic heterocycles. The van der Waals surface area contributed by atoms with E-state index in [1.165, 1.54) is 6.07 Å². The lowest BCUT2D eigenvalue weighted by Crippen LogP contribution is -2.18. The van der Waals surface area contributed by atoms with Crippen molar-refractivity contribution in [1.29, 1.82) is 0 Å². The maximum atomic E-state index is 13.4. The molecule has 26 heavy (non-hydrogen) atoms. The number of aryl methyl sites for hydroxylation is 2. The highest BCUT2D eigenvalue weighted by atomic mass is 19.1. The summed E-state index contributed by atoms with van der Waals surface area (Å²) >= 11 is 0. The van der Waals surface area contributed by atoms with Crippen molar-refractivity contribution in [1.82, 2.24) is 4.98 Å². The molecule has 0 aliphatic heterocycles. The van der Waals surface area contributed by atoms with Gasteiger partial charge in [0.2, 0.25) is 0 Å². The van der Waals surface area contributed by atoms with Gasteiger partial charge in [-0.25, -0.2) is 4.39 Å². The maximum Gasteiger partial charge on any atom is 0.126 e. The third-order valence-corrected chi connectivity index (χ3v) is 4.28. The molecule has 2 aromatic carbocycles. The zero-order valence-corrected chi connectivity index (χ0v) is 14.7. The molecule has 1 atom stereocenters. The van der Waals surface area contributed by atoms with Crippen LogP contribution < -0.4 is 4.74 Å². The molecule has 3 aromatic rings. The highest BCUT2D eigenvalue weighted by molar-refractivity contribution is 5.64. The smallest absolute Gasteiger partial charge is 0.126 e. The van der Waals surface area contributed by atoms with Crippen LogP contribution in [0, 0.1) is 12.7 Å². The van der Waals surface area contributed by atoms with Crippen molar-refractivity contribution < 1.29 is 14.2 Å². The second kappa shape index (κ2) is 8.59. The topological polar surface area (TPSA) is 42.4 Å². The van der Waals surface area contributed by atoms with Gasteiger partial charge in [-0.05, 0) is 72.4 Å². The summed E-state index contributed by atoms with van der Waals surface area (Å²) in [5.74, 6) is 0.502. The summed E-state index contributed by atoms with van der Waals surface area (Å²) in [6.45, 7) is 2.00. The standard InChI is InChI=1S/C22H22FNO2/c1-16-13-19(7-11-22(16)23)18-5-9-21(10-6-18)26-15-20(25)8-4-17-3-2-12-24-14-17/h2-3,5-7,9-14,20,25H,4,8,15H2,1H3. The predicted octanol–water partition coefficient (Wildman–Crippen LogP) is 4.57. The second-order valence-corrected chi connectivity index (χ2v) is 6.35. The molecule has 1 heterocycles. The SMILES string of the molecule is Cc1cc(-c2ccc(OCC(O)CCc3cccnc3)cc2)ccc1F. The zero-order chi connectivity index (χ0) is 18.4. The maximum absolute atomic E-state index is 13.4. The van der Waals surface area contributed by atoms with E-state index in [1.807, 2.05) is 48.7 Å². The minimum Gasteiger partial charge on any atom is -0.491 e. The molecule has 3 nitrogen and oxygen atoms in total. The Hall–Kier alpha value is -2.72. The summed E-state index contributed by atoms with van der Waals surface area (Å²) in [5, 5.41) is 10.1. The largest absolute Gasteiger partial charge is 0.491 e. The van der Waals surface area contributed by atoms with Crippen LogP contribution in [0.5, 0.6) is 5.75 Å². The Morgan fingerprint density at radius 1 is 1.08 bits per heavy atom. The number of halogens is 1. The van der Waals surface area contributed by atoms with E-state index in [1.54, 1.807) is 19.2 Å². The van der Waals surface area contributed by atoms with Crippen molar-refractivity contribution in [3.05, 3.63) is 83.9 Å². The van der Waals surface area contributed by atoms with Gasteiger partial charge < -0.3 is 9.84 Å². The summed E-state index contributed by atoms with van der Waals surface area (Å²) in [6, 6.07) is 16.6. The first-order chi connectivity index (χ1) is 12.6. The molecular formula is C22H22FNO2. The first-order valence-electron chi connectivity index (χ1n) is 8.68. The average molecular weight is 351 g/mol. The van der Waals surface area contributed by atoms with Crippen LogP contribution in [-0.4, -0.2) is 22.8 Å². The number of aliphatic hydroxyl groups is 1. The summed E-state index contributed by atoms with van der Waals surface area (Å²) < 4.78 is 19.0. The number of hydrogen-bond donors (Lipinski definition) is 1. The number of benzene rings is 2. The normalized spacial score (nSPS) is 12.0. The molecule has 4 heteroatoms. The quantitative estimate of drug-likeness (QED) is 0.678. The van der Waals surface area contributed by atoms with Crippen LogP contribution in [-0.2, 0) is 6.42 Å². The van der Waals surface area contributed by atoms with Gasteiger partial charge in [0, 0.05) is 12.4 Å². The molecule has 0 spiro atoms. The Morgan fingerprint density at radius 2 is 1.85 bits per heavy atom. The van der Waals surface area contributed by atoms with E-state index in [4.69, 9.17) is 4.74 Å². The molecule has 3 rings (SSSR count). The van der Waals surface area contributed by atoms with Crippen LogP contribution in [0.25, 0.3) is 11.1 Å². The van der Waals surface area contributed by atoms with Gasteiger partial charge in [0.25, 0.3) is 0 Å². The van der Waals surface area contributed by atoms with Crippen LogP contribution in [0.2, 0.25) is 0 Å². The minimum atomic E-state index is -0.533. The fourth-order valence-corrected chi connectivity index (χ4v) is 2.72. The molecule has 1 N–H and O–H groups in total. The molecule has 0 saturated heterocycles. The molecular weight excluding hydrogens is 329 g/mol. The van der Waals surface area contributed by atoms with Crippen LogP contribution in [0.3, 0.4) is 0 Å². The molecule has 0 saturated carbocycles. The van der Waals surface area contributed by atoms with Crippen LogP contribution in [0.1, 0.15) is 17.5 Å². The van der Waals surface area contributed by atoms with E-state index < -0.39 is 6.10 Å². The lowest BCUT2D eigenvalue weighted by molar-refractivity contribution is 0.100. The molecule has 0 aliphatic rings. The first kappa shape index (κ1) is 18.1. The van der Waals surface area contributed by atoms with E-state index >= 15 is 0 Å². The Bertz CT molecular complexity index is 835. The van der Waals surface area contributed by atoms with Gasteiger partial charge >= 0.3 is 0 Å². The number of pyridine rings is 1. The first-order valence-corrected chi connectivity index (χ1v) is 8.68. The lowest BCUT2D eigenvalue weighted by atomic mass is 10.0. The van der Waals surface area contributed by atoms with Crippen LogP contribution in [0.4, 0.5) is 4.39 Å². The molecule has 0 amide bonds. The number of hydrogen-bond acceptors (Lipinski definition) is 3. The second-order valence-electron chi connectivity index (χ2n) is 6.35. The monoisotopic (exact) mass is 351 g/mol. The predicted molar refractivity (Wildman–Crippen MR) is 101 cm³/mol. The zero-order valence-electron chi connectivity index (χ0n) is 14.7. The van der Waals surface area contributed by atoms with Crippen molar-refractivity contribution in [2.45, 2.75) is 25.9 Å². The fraction of sp³-hybridized carbons (Fsp3) is 0.227. The summed E-state index contributed by atoms with van der Waals surface area (Å²) in [5.41, 5.74) is 3.69. The molecule has 0 fully saturated rings. The highest BCUT2D eigenvalue weighted by Crippen LogP contribution is 2.24. The van der Waals surface area contributed by atoms with Gasteiger partial charge in [0.1, 0.15) is 18.2 Å². The van der Waals surface area contributed by atoms with Gasteiger partial charge in [-0.15, -0.1) is 0 Å². The number of rotatable bonds is 7. The van der Waals surface area contributed by atoms with Gasteiger partial charge in [0.15, 0.2) is 0 Å². The Labute approximate surface area is 153 Å². The van der Waals surface area contributed by atoms with Crippen LogP contribution in [0.15, 0.2) is 67.0 Å². The number of nitrogens with zero attached hydrogens (tertiary/aromatic N) is 1. The molecule has 0 radical (unpaired) electrons. The Morgan fingerprint density at radius 3 is 2.54 bits per heavy atom. The van der Waals surface area contributed by atoms with E-state index in [-0.39, 0.29) is 12.4 Å². The third kappa shape index (κ3) is 4.90. The Balaban J connectivity index is 1.51. The molecule has 134 valence electrons. The lowest BCUT2D eigenvalue weighted by Gasteiger charge is -2.13. The minimum absolute atomic E-state index is 0.200. The third-order valence-electron chi connectivity index (χ3n) is 4.28. The van der Waals surface area contributed by atoms with E-state index in [2.05, 4.69) is 4.98 Å². The van der Waals surface area contributed by atoms with Crippen molar-refractivity contribution in [3.8, 4) is 16.9 Å². The average Bonchev–Trinajstić information content (AvgIpc) is 2.68. The summed E-state index contributed by atoms with van der Waals surface area (Å²) in [4.78, 5) is 4.07. The molecule has 1 unspecified atom stereocenters. The van der Waals surface area contributed by atoms with E-state index in [9.17, 15) is 9.50 Å². The van der Waals surface area contributed by atoms with Gasteiger partial charge in [0.05, 0.1) is 6.10 Å². The summed E-state index contributed by atoms with van der Waals surface area (Å²) in [7, 11) is 0. The fourth-order valence-electron chi connectivity index (χ4n) is 2.72. The van der Waals surface area contributed by atoms with Gasteiger partial charge in [-0.3, -0.25) is 4.98 Å². The van der Waals surface area contributed by atoms with Crippen molar-refractivity contribution in [2.24, 2.45) is 0 Å².